The molecule has 0 saturated carbocycles. The average molecular weight is 676 g/mol. The van der Waals surface area contributed by atoms with Crippen LogP contribution in [-0.2, 0) is 0 Å². The lowest BCUT2D eigenvalue weighted by Crippen LogP contribution is -2.01. The molecule has 0 aliphatic heterocycles. The van der Waals surface area contributed by atoms with Crippen molar-refractivity contribution < 1.29 is 4.42 Å². The predicted molar refractivity (Wildman–Crippen MR) is 219 cm³/mol. The van der Waals surface area contributed by atoms with Gasteiger partial charge >= 0.3 is 0 Å². The molecule has 0 aliphatic carbocycles. The van der Waals surface area contributed by atoms with Crippen LogP contribution in [0.25, 0.3) is 110 Å². The van der Waals surface area contributed by atoms with Gasteiger partial charge < -0.3 is 4.42 Å². The Morgan fingerprint density at radius 3 is 1.51 bits per heavy atom. The van der Waals surface area contributed by atoms with Crippen LogP contribution in [0.5, 0.6) is 0 Å². The van der Waals surface area contributed by atoms with Gasteiger partial charge in [0.15, 0.2) is 17.5 Å². The third-order valence-electron chi connectivity index (χ3n) is 10.5. The fraction of sp³-hybridized carbons (Fsp3) is 0. The summed E-state index contributed by atoms with van der Waals surface area (Å²) in [7, 11) is 0. The van der Waals surface area contributed by atoms with E-state index in [1.54, 1.807) is 0 Å². The molecule has 0 N–H and O–H groups in total. The van der Waals surface area contributed by atoms with Crippen LogP contribution < -0.4 is 0 Å². The number of fused-ring (bicyclic) bond motifs is 11. The maximum Gasteiger partial charge on any atom is 0.164 e. The Morgan fingerprint density at radius 2 is 0.792 bits per heavy atom. The summed E-state index contributed by atoms with van der Waals surface area (Å²) < 4.78 is 6.37. The first-order chi connectivity index (χ1) is 26.3. The number of furan rings is 1. The molecule has 2 aromatic heterocycles. The topological polar surface area (TPSA) is 51.8 Å². The second kappa shape index (κ2) is 11.7. The predicted octanol–water partition coefficient (Wildman–Crippen LogP) is 13.1. The first-order valence-electron chi connectivity index (χ1n) is 17.9. The Kier molecular flexibility index (Phi) is 6.52. The molecule has 2 heterocycles. The molecule has 0 unspecified atom stereocenters. The summed E-state index contributed by atoms with van der Waals surface area (Å²) in [6, 6.07) is 61.5. The first-order valence-corrected chi connectivity index (χ1v) is 17.9. The van der Waals surface area contributed by atoms with Crippen molar-refractivity contribution in [3.05, 3.63) is 176 Å². The molecule has 0 spiro atoms. The summed E-state index contributed by atoms with van der Waals surface area (Å²) in [4.78, 5) is 15.5. The number of nitrogens with zero attached hydrogens (tertiary/aromatic N) is 3. The van der Waals surface area contributed by atoms with Gasteiger partial charge in [-0.15, -0.1) is 0 Å². The van der Waals surface area contributed by atoms with Gasteiger partial charge in [-0.05, 0) is 60.8 Å². The second-order valence-corrected chi connectivity index (χ2v) is 13.5. The van der Waals surface area contributed by atoms with Gasteiger partial charge in [0.2, 0.25) is 0 Å². The third kappa shape index (κ3) is 4.66. The van der Waals surface area contributed by atoms with E-state index in [-0.39, 0.29) is 0 Å². The Bertz CT molecular complexity index is 3220. The number of hydrogen-bond acceptors (Lipinski definition) is 4. The van der Waals surface area contributed by atoms with Gasteiger partial charge in [0.1, 0.15) is 11.2 Å². The van der Waals surface area contributed by atoms with E-state index in [1.807, 2.05) is 30.3 Å². The highest BCUT2D eigenvalue weighted by Gasteiger charge is 2.19. The van der Waals surface area contributed by atoms with Gasteiger partial charge in [-0.1, -0.05) is 164 Å². The molecule has 0 amide bonds. The third-order valence-corrected chi connectivity index (χ3v) is 10.5. The molecule has 4 nitrogen and oxygen atoms in total. The van der Waals surface area contributed by atoms with Crippen molar-refractivity contribution in [1.82, 2.24) is 15.0 Å². The van der Waals surface area contributed by atoms with E-state index in [9.17, 15) is 0 Å². The summed E-state index contributed by atoms with van der Waals surface area (Å²) >= 11 is 0. The van der Waals surface area contributed by atoms with Crippen LogP contribution in [0.1, 0.15) is 0 Å². The molecule has 0 atom stereocenters. The highest BCUT2D eigenvalue weighted by atomic mass is 16.3. The van der Waals surface area contributed by atoms with Gasteiger partial charge in [-0.2, -0.15) is 0 Å². The molecule has 11 aromatic rings. The maximum absolute atomic E-state index is 6.37. The van der Waals surface area contributed by atoms with E-state index in [0.717, 1.165) is 55.1 Å². The number of para-hydroxylation sites is 2. The average Bonchev–Trinajstić information content (AvgIpc) is 3.63. The molecule has 53 heavy (non-hydrogen) atoms. The number of benzene rings is 9. The van der Waals surface area contributed by atoms with Crippen molar-refractivity contribution in [3.8, 4) is 45.3 Å². The number of aromatic nitrogens is 3. The van der Waals surface area contributed by atoms with E-state index in [4.69, 9.17) is 19.4 Å². The molecule has 4 heteroatoms. The molecule has 246 valence electrons. The summed E-state index contributed by atoms with van der Waals surface area (Å²) in [5, 5.41) is 11.9. The van der Waals surface area contributed by atoms with Gasteiger partial charge in [-0.25, -0.2) is 15.0 Å². The second-order valence-electron chi connectivity index (χ2n) is 13.5. The van der Waals surface area contributed by atoms with Crippen molar-refractivity contribution in [1.29, 1.82) is 0 Å². The molecular formula is C49H29N3O. The van der Waals surface area contributed by atoms with Crippen LogP contribution in [0.4, 0.5) is 0 Å². The zero-order chi connectivity index (χ0) is 34.9. The fourth-order valence-electron chi connectivity index (χ4n) is 8.07. The minimum Gasteiger partial charge on any atom is -0.455 e. The highest BCUT2D eigenvalue weighted by molar-refractivity contribution is 6.32. The lowest BCUT2D eigenvalue weighted by molar-refractivity contribution is 0.670. The molecular weight excluding hydrogens is 647 g/mol. The molecule has 0 radical (unpaired) electrons. The standard InChI is InChI=1S/C49H29N3O/c1-2-13-31(14-3-1)47-50-48(32-27-25-30(26-28-32)33-22-12-23-41-38-19-10-11-24-44(38)53-46(33)41)52-49(51-47)43-29-42-36-17-5-4-15-34(36)35-16-6-8-20-39(35)45(42)40-21-9-7-18-37(40)43/h1-29H. The van der Waals surface area contributed by atoms with E-state index in [2.05, 4.69) is 146 Å². The summed E-state index contributed by atoms with van der Waals surface area (Å²) in [5.41, 5.74) is 6.71. The van der Waals surface area contributed by atoms with Crippen LogP contribution in [0.15, 0.2) is 180 Å². The Morgan fingerprint density at radius 1 is 0.302 bits per heavy atom. The molecule has 11 rings (SSSR count). The Labute approximate surface area is 304 Å². The lowest BCUT2D eigenvalue weighted by atomic mass is 9.89. The van der Waals surface area contributed by atoms with Crippen LogP contribution >= 0.6 is 0 Å². The van der Waals surface area contributed by atoms with Crippen molar-refractivity contribution in [3.63, 3.8) is 0 Å². The summed E-state index contributed by atoms with van der Waals surface area (Å²) in [6.07, 6.45) is 0. The largest absolute Gasteiger partial charge is 0.455 e. The smallest absolute Gasteiger partial charge is 0.164 e. The van der Waals surface area contributed by atoms with Crippen molar-refractivity contribution in [2.75, 3.05) is 0 Å². The Balaban J connectivity index is 1.13. The van der Waals surface area contributed by atoms with Gasteiger partial charge in [-0.3, -0.25) is 0 Å². The number of rotatable bonds is 4. The minimum atomic E-state index is 0.620. The maximum atomic E-state index is 6.37. The SMILES string of the molecule is c1ccc(-c2nc(-c3ccc(-c4cccc5c4oc4ccccc45)cc3)nc(-c3cc4c5ccccc5c5ccccc5c4c4ccccc34)n2)cc1. The molecule has 0 aliphatic rings. The molecule has 9 aromatic carbocycles. The van der Waals surface area contributed by atoms with Gasteiger partial charge in [0.25, 0.3) is 0 Å². The molecule has 0 bridgehead atoms. The highest BCUT2D eigenvalue weighted by Crippen LogP contribution is 2.43. The number of hydrogen-bond donors (Lipinski definition) is 0. The summed E-state index contributed by atoms with van der Waals surface area (Å²) in [6.45, 7) is 0. The van der Waals surface area contributed by atoms with Gasteiger partial charge in [0.05, 0.1) is 0 Å². The molecule has 0 saturated heterocycles. The molecule has 0 fully saturated rings. The fourth-order valence-corrected chi connectivity index (χ4v) is 8.07. The quantitative estimate of drug-likeness (QED) is 0.174. The van der Waals surface area contributed by atoms with Crippen LogP contribution in [0.2, 0.25) is 0 Å². The van der Waals surface area contributed by atoms with E-state index >= 15 is 0 Å². The Hall–Kier alpha value is -7.17. The zero-order valence-electron chi connectivity index (χ0n) is 28.5. The van der Waals surface area contributed by atoms with E-state index < -0.39 is 0 Å². The summed E-state index contributed by atoms with van der Waals surface area (Å²) in [5.74, 6) is 1.89. The van der Waals surface area contributed by atoms with Gasteiger partial charge in [0, 0.05) is 33.0 Å². The van der Waals surface area contributed by atoms with Crippen LogP contribution in [-0.4, -0.2) is 15.0 Å². The van der Waals surface area contributed by atoms with Crippen LogP contribution in [0.3, 0.4) is 0 Å². The van der Waals surface area contributed by atoms with E-state index in [1.165, 1.54) is 37.7 Å². The van der Waals surface area contributed by atoms with Crippen molar-refractivity contribution in [2.24, 2.45) is 0 Å². The van der Waals surface area contributed by atoms with Crippen LogP contribution in [0, 0.1) is 0 Å². The van der Waals surface area contributed by atoms with E-state index in [0.29, 0.717) is 17.5 Å². The lowest BCUT2D eigenvalue weighted by Gasteiger charge is -2.16. The van der Waals surface area contributed by atoms with Crippen molar-refractivity contribution in [2.45, 2.75) is 0 Å². The zero-order valence-corrected chi connectivity index (χ0v) is 28.5. The normalized spacial score (nSPS) is 11.8. The minimum absolute atomic E-state index is 0.620. The monoisotopic (exact) mass is 675 g/mol. The van der Waals surface area contributed by atoms with Crippen molar-refractivity contribution >= 4 is 65.0 Å². The first kappa shape index (κ1) is 29.5.